The Morgan fingerprint density at radius 1 is 1.70 bits per heavy atom. The fourth-order valence-corrected chi connectivity index (χ4v) is 1.70. The highest BCUT2D eigenvalue weighted by molar-refractivity contribution is 8.00. The summed E-state index contributed by atoms with van der Waals surface area (Å²) in [5.74, 6) is 1.15. The van der Waals surface area contributed by atoms with Gasteiger partial charge in [0.15, 0.2) is 0 Å². The average Bonchev–Trinajstić information content (AvgIpc) is 2.41. The molecule has 1 aliphatic heterocycles. The lowest BCUT2D eigenvalue weighted by Gasteiger charge is -1.99. The Morgan fingerprint density at radius 3 is 3.20 bits per heavy atom. The second kappa shape index (κ2) is 4.80. The van der Waals surface area contributed by atoms with E-state index in [0.717, 1.165) is 12.4 Å². The Morgan fingerprint density at radius 2 is 2.60 bits per heavy atom. The van der Waals surface area contributed by atoms with Crippen molar-refractivity contribution in [3.8, 4) is 0 Å². The summed E-state index contributed by atoms with van der Waals surface area (Å²) in [6, 6.07) is 0. The van der Waals surface area contributed by atoms with Crippen LogP contribution in [0.5, 0.6) is 0 Å². The predicted octanol–water partition coefficient (Wildman–Crippen LogP) is 2.43. The van der Waals surface area contributed by atoms with Crippen molar-refractivity contribution in [1.29, 1.82) is 0 Å². The molecule has 0 aliphatic carbocycles. The van der Waals surface area contributed by atoms with Crippen LogP contribution in [0.1, 0.15) is 19.8 Å². The van der Waals surface area contributed by atoms with Crippen LogP contribution in [0.3, 0.4) is 0 Å². The lowest BCUT2D eigenvalue weighted by molar-refractivity contribution is 0.173. The van der Waals surface area contributed by atoms with Crippen molar-refractivity contribution in [2.75, 3.05) is 12.4 Å². The van der Waals surface area contributed by atoms with Gasteiger partial charge in [0.05, 0.1) is 6.61 Å². The van der Waals surface area contributed by atoms with Crippen LogP contribution >= 0.6 is 11.8 Å². The van der Waals surface area contributed by atoms with E-state index in [1.165, 1.54) is 12.8 Å². The number of hydrogen-bond acceptors (Lipinski definition) is 2. The lowest BCUT2D eigenvalue weighted by Crippen LogP contribution is -1.94. The zero-order valence-corrected chi connectivity index (χ0v) is 7.19. The first kappa shape index (κ1) is 8.15. The number of thioether (sulfide) groups is 1. The number of allylic oxidation sites excluding steroid dienone is 1. The van der Waals surface area contributed by atoms with Gasteiger partial charge in [-0.1, -0.05) is 19.4 Å². The minimum Gasteiger partial charge on any atom is -0.363 e. The summed E-state index contributed by atoms with van der Waals surface area (Å²) in [5, 5.41) is 0. The van der Waals surface area contributed by atoms with E-state index in [1.54, 1.807) is 0 Å². The van der Waals surface area contributed by atoms with Gasteiger partial charge < -0.3 is 4.74 Å². The molecule has 0 spiro atoms. The smallest absolute Gasteiger partial charge is 0.121 e. The molecule has 0 N–H and O–H groups in total. The molecule has 1 heterocycles. The van der Waals surface area contributed by atoms with Crippen LogP contribution in [0.2, 0.25) is 0 Å². The minimum absolute atomic E-state index is 0.353. The van der Waals surface area contributed by atoms with E-state index < -0.39 is 0 Å². The third-order valence-electron chi connectivity index (χ3n) is 1.40. The molecular formula is C8H14OS. The topological polar surface area (TPSA) is 9.23 Å². The Bertz CT molecular complexity index is 106. The van der Waals surface area contributed by atoms with Gasteiger partial charge in [0.1, 0.15) is 5.44 Å². The van der Waals surface area contributed by atoms with Crippen LogP contribution in [0.25, 0.3) is 0 Å². The van der Waals surface area contributed by atoms with Gasteiger partial charge in [-0.25, -0.2) is 0 Å². The molecule has 1 aliphatic rings. The van der Waals surface area contributed by atoms with Crippen LogP contribution < -0.4 is 0 Å². The fraction of sp³-hybridized carbons (Fsp3) is 0.750. The molecule has 1 rings (SSSR count). The van der Waals surface area contributed by atoms with Crippen LogP contribution in [0, 0.1) is 0 Å². The lowest BCUT2D eigenvalue weighted by atomic mass is 10.3. The van der Waals surface area contributed by atoms with Crippen molar-refractivity contribution in [1.82, 2.24) is 0 Å². The molecule has 0 aromatic carbocycles. The molecule has 58 valence electrons. The third-order valence-corrected chi connectivity index (χ3v) is 2.42. The summed E-state index contributed by atoms with van der Waals surface area (Å²) in [5.41, 5.74) is 0.353. The molecule has 0 aromatic rings. The van der Waals surface area contributed by atoms with Gasteiger partial charge >= 0.3 is 0 Å². The van der Waals surface area contributed by atoms with Gasteiger partial charge in [0.25, 0.3) is 0 Å². The van der Waals surface area contributed by atoms with Crippen molar-refractivity contribution >= 4 is 11.8 Å². The first-order chi connectivity index (χ1) is 4.93. The van der Waals surface area contributed by atoms with E-state index in [9.17, 15) is 0 Å². The van der Waals surface area contributed by atoms with E-state index in [1.807, 2.05) is 11.8 Å². The maximum absolute atomic E-state index is 5.38. The Labute approximate surface area is 66.8 Å². The summed E-state index contributed by atoms with van der Waals surface area (Å²) >= 11 is 1.88. The van der Waals surface area contributed by atoms with Crippen LogP contribution in [-0.4, -0.2) is 17.8 Å². The monoisotopic (exact) mass is 158 g/mol. The summed E-state index contributed by atoms with van der Waals surface area (Å²) in [6.45, 7) is 3.11. The van der Waals surface area contributed by atoms with Gasteiger partial charge in [-0.15, -0.1) is 11.8 Å². The van der Waals surface area contributed by atoms with E-state index in [-0.39, 0.29) is 0 Å². The molecule has 0 bridgehead atoms. The minimum atomic E-state index is 0.353. The van der Waals surface area contributed by atoms with Gasteiger partial charge in [0.2, 0.25) is 0 Å². The fourth-order valence-electron chi connectivity index (χ4n) is 0.862. The largest absolute Gasteiger partial charge is 0.363 e. The van der Waals surface area contributed by atoms with Gasteiger partial charge in [-0.05, 0) is 12.5 Å². The number of ether oxygens (including phenoxy) is 1. The molecule has 1 fully saturated rings. The zero-order valence-electron chi connectivity index (χ0n) is 6.38. The average molecular weight is 158 g/mol. The van der Waals surface area contributed by atoms with E-state index >= 15 is 0 Å². The maximum Gasteiger partial charge on any atom is 0.121 e. The number of unbranched alkanes of at least 4 members (excludes halogenated alkanes) is 1. The van der Waals surface area contributed by atoms with Crippen molar-refractivity contribution < 1.29 is 4.74 Å². The van der Waals surface area contributed by atoms with Crippen molar-refractivity contribution in [2.45, 2.75) is 25.2 Å². The molecule has 1 nitrogen and oxygen atoms in total. The Hall–Kier alpha value is 0.0500. The highest BCUT2D eigenvalue weighted by Crippen LogP contribution is 2.20. The summed E-state index contributed by atoms with van der Waals surface area (Å²) in [7, 11) is 0. The first-order valence-electron chi connectivity index (χ1n) is 3.83. The van der Waals surface area contributed by atoms with Crippen LogP contribution in [0.4, 0.5) is 0 Å². The quantitative estimate of drug-likeness (QED) is 0.583. The molecule has 1 saturated heterocycles. The third kappa shape index (κ3) is 2.76. The highest BCUT2D eigenvalue weighted by Gasteiger charge is 2.11. The molecular weight excluding hydrogens is 144 g/mol. The number of hydrogen-bond donors (Lipinski definition) is 0. The first-order valence-corrected chi connectivity index (χ1v) is 4.88. The molecule has 0 amide bonds. The van der Waals surface area contributed by atoms with Crippen LogP contribution in [0.15, 0.2) is 12.2 Å². The predicted molar refractivity (Wildman–Crippen MR) is 46.2 cm³/mol. The molecule has 0 aromatic heterocycles. The summed E-state index contributed by atoms with van der Waals surface area (Å²) in [4.78, 5) is 0. The molecule has 10 heavy (non-hydrogen) atoms. The standard InChI is InChI=1S/C8H14OS/c1-2-3-4-5-8-9-6-7-10-8/h4-5,8H,2-3,6-7H2,1H3/b5-4+. The highest BCUT2D eigenvalue weighted by atomic mass is 32.2. The zero-order chi connectivity index (χ0) is 7.23. The van der Waals surface area contributed by atoms with Crippen LogP contribution in [-0.2, 0) is 4.74 Å². The molecule has 0 radical (unpaired) electrons. The maximum atomic E-state index is 5.38. The van der Waals surface area contributed by atoms with Gasteiger partial charge in [-0.2, -0.15) is 0 Å². The summed E-state index contributed by atoms with van der Waals surface area (Å²) in [6.07, 6.45) is 6.79. The second-order valence-corrected chi connectivity index (χ2v) is 3.53. The van der Waals surface area contributed by atoms with E-state index in [0.29, 0.717) is 5.44 Å². The Balaban J connectivity index is 2.10. The normalized spacial score (nSPS) is 26.3. The van der Waals surface area contributed by atoms with Crippen molar-refractivity contribution in [3.05, 3.63) is 12.2 Å². The van der Waals surface area contributed by atoms with Crippen molar-refractivity contribution in [3.63, 3.8) is 0 Å². The van der Waals surface area contributed by atoms with Crippen molar-refractivity contribution in [2.24, 2.45) is 0 Å². The number of rotatable bonds is 3. The van der Waals surface area contributed by atoms with Gasteiger partial charge in [0, 0.05) is 5.75 Å². The molecule has 2 heteroatoms. The molecule has 1 unspecified atom stereocenters. The second-order valence-electron chi connectivity index (χ2n) is 2.33. The molecule has 1 atom stereocenters. The van der Waals surface area contributed by atoms with E-state index in [4.69, 9.17) is 4.74 Å². The summed E-state index contributed by atoms with van der Waals surface area (Å²) < 4.78 is 5.38. The molecule has 0 saturated carbocycles. The SMILES string of the molecule is CCC/C=C/C1OCCS1. The Kier molecular flexibility index (Phi) is 3.91. The van der Waals surface area contributed by atoms with E-state index in [2.05, 4.69) is 19.1 Å². The van der Waals surface area contributed by atoms with Gasteiger partial charge in [-0.3, -0.25) is 0 Å².